The van der Waals surface area contributed by atoms with Crippen molar-refractivity contribution in [2.45, 2.75) is 13.1 Å². The quantitative estimate of drug-likeness (QED) is 0.631. The first-order chi connectivity index (χ1) is 13.4. The van der Waals surface area contributed by atoms with Gasteiger partial charge in [-0.2, -0.15) is 13.2 Å². The predicted octanol–water partition coefficient (Wildman–Crippen LogP) is 4.48. The first-order valence-electron chi connectivity index (χ1n) is 8.46. The molecule has 3 rings (SSSR count). The van der Waals surface area contributed by atoms with E-state index in [9.17, 15) is 18.0 Å². The fourth-order valence-electron chi connectivity index (χ4n) is 2.59. The van der Waals surface area contributed by atoms with Crippen molar-refractivity contribution >= 4 is 5.91 Å². The SMILES string of the molecule is Cc1onc(-c2ccccc2)c1C(=O)NCCOc1ccc(C(F)(F)F)cc1. The molecule has 0 bridgehead atoms. The van der Waals surface area contributed by atoms with Crippen LogP contribution in [-0.4, -0.2) is 24.2 Å². The molecule has 0 saturated heterocycles. The number of benzene rings is 2. The topological polar surface area (TPSA) is 64.4 Å². The minimum atomic E-state index is -4.39. The van der Waals surface area contributed by atoms with Gasteiger partial charge < -0.3 is 14.6 Å². The van der Waals surface area contributed by atoms with Crippen LogP contribution in [0.25, 0.3) is 11.3 Å². The van der Waals surface area contributed by atoms with Gasteiger partial charge in [-0.15, -0.1) is 0 Å². The zero-order chi connectivity index (χ0) is 20.1. The molecule has 5 nitrogen and oxygen atoms in total. The van der Waals surface area contributed by atoms with Gasteiger partial charge in [0.15, 0.2) is 0 Å². The lowest BCUT2D eigenvalue weighted by Gasteiger charge is -2.10. The number of aromatic nitrogens is 1. The van der Waals surface area contributed by atoms with Crippen LogP contribution in [0.4, 0.5) is 13.2 Å². The highest BCUT2D eigenvalue weighted by Crippen LogP contribution is 2.30. The van der Waals surface area contributed by atoms with Crippen molar-refractivity contribution in [1.29, 1.82) is 0 Å². The number of carbonyl (C=O) groups is 1. The lowest BCUT2D eigenvalue weighted by Crippen LogP contribution is -2.28. The second-order valence-electron chi connectivity index (χ2n) is 5.95. The van der Waals surface area contributed by atoms with Crippen LogP contribution in [0.5, 0.6) is 5.75 Å². The molecule has 0 fully saturated rings. The van der Waals surface area contributed by atoms with Crippen LogP contribution in [0.3, 0.4) is 0 Å². The highest BCUT2D eigenvalue weighted by molar-refractivity contribution is 6.00. The average molecular weight is 390 g/mol. The van der Waals surface area contributed by atoms with E-state index in [1.165, 1.54) is 12.1 Å². The van der Waals surface area contributed by atoms with E-state index in [1.54, 1.807) is 6.92 Å². The number of carbonyl (C=O) groups excluding carboxylic acids is 1. The number of nitrogens with zero attached hydrogens (tertiary/aromatic N) is 1. The number of hydrogen-bond donors (Lipinski definition) is 1. The number of nitrogens with one attached hydrogen (secondary N) is 1. The molecule has 3 aromatic rings. The first kappa shape index (κ1) is 19.5. The van der Waals surface area contributed by atoms with E-state index < -0.39 is 11.7 Å². The molecule has 0 aliphatic heterocycles. The van der Waals surface area contributed by atoms with Gasteiger partial charge in [0, 0.05) is 5.56 Å². The van der Waals surface area contributed by atoms with Gasteiger partial charge in [-0.3, -0.25) is 4.79 Å². The molecule has 0 unspecified atom stereocenters. The monoisotopic (exact) mass is 390 g/mol. The second-order valence-corrected chi connectivity index (χ2v) is 5.95. The molecular formula is C20H17F3N2O3. The van der Waals surface area contributed by atoms with Gasteiger partial charge in [0.2, 0.25) is 0 Å². The minimum absolute atomic E-state index is 0.0993. The van der Waals surface area contributed by atoms with Crippen molar-refractivity contribution in [3.8, 4) is 17.0 Å². The fourth-order valence-corrected chi connectivity index (χ4v) is 2.59. The van der Waals surface area contributed by atoms with Gasteiger partial charge in [-0.25, -0.2) is 0 Å². The summed E-state index contributed by atoms with van der Waals surface area (Å²) < 4.78 is 48.1. The number of aryl methyl sites for hydroxylation is 1. The Morgan fingerprint density at radius 3 is 2.43 bits per heavy atom. The molecule has 2 aromatic carbocycles. The molecule has 1 heterocycles. The Labute approximate surface area is 159 Å². The Kier molecular flexibility index (Phi) is 5.67. The molecule has 8 heteroatoms. The van der Waals surface area contributed by atoms with Crippen molar-refractivity contribution in [2.24, 2.45) is 0 Å². The molecule has 0 atom stereocenters. The maximum Gasteiger partial charge on any atom is 0.416 e. The molecule has 0 aliphatic carbocycles. The van der Waals surface area contributed by atoms with Gasteiger partial charge in [0.1, 0.15) is 29.4 Å². The molecule has 0 radical (unpaired) electrons. The minimum Gasteiger partial charge on any atom is -0.492 e. The molecular weight excluding hydrogens is 373 g/mol. The van der Waals surface area contributed by atoms with Crippen molar-refractivity contribution in [3.63, 3.8) is 0 Å². The van der Waals surface area contributed by atoms with Crippen LogP contribution in [0.1, 0.15) is 21.7 Å². The highest BCUT2D eigenvalue weighted by atomic mass is 19.4. The maximum absolute atomic E-state index is 12.5. The third-order valence-corrected chi connectivity index (χ3v) is 3.98. The van der Waals surface area contributed by atoms with Crippen molar-refractivity contribution in [2.75, 3.05) is 13.2 Å². The number of alkyl halides is 3. The summed E-state index contributed by atoms with van der Waals surface area (Å²) in [5.41, 5.74) is 0.787. The Hall–Kier alpha value is -3.29. The summed E-state index contributed by atoms with van der Waals surface area (Å²) in [5.74, 6) is 0.307. The molecule has 0 aliphatic rings. The summed E-state index contributed by atoms with van der Waals surface area (Å²) >= 11 is 0. The summed E-state index contributed by atoms with van der Waals surface area (Å²) in [7, 11) is 0. The standard InChI is InChI=1S/C20H17F3N2O3/c1-13-17(18(25-28-13)14-5-3-2-4-6-14)19(26)24-11-12-27-16-9-7-15(8-10-16)20(21,22)23/h2-10H,11-12H2,1H3,(H,24,26). The fraction of sp³-hybridized carbons (Fsp3) is 0.200. The number of ether oxygens (including phenoxy) is 1. The Morgan fingerprint density at radius 2 is 1.79 bits per heavy atom. The Morgan fingerprint density at radius 1 is 1.11 bits per heavy atom. The van der Waals surface area contributed by atoms with E-state index >= 15 is 0 Å². The summed E-state index contributed by atoms with van der Waals surface area (Å²) in [5, 5.41) is 6.65. The normalized spacial score (nSPS) is 11.3. The summed E-state index contributed by atoms with van der Waals surface area (Å²) in [6, 6.07) is 13.5. The van der Waals surface area contributed by atoms with Crippen molar-refractivity contribution in [1.82, 2.24) is 10.5 Å². The number of amides is 1. The number of rotatable bonds is 6. The largest absolute Gasteiger partial charge is 0.492 e. The van der Waals surface area contributed by atoms with Crippen LogP contribution in [0, 0.1) is 6.92 Å². The smallest absolute Gasteiger partial charge is 0.416 e. The summed E-state index contributed by atoms with van der Waals surface area (Å²) in [6.07, 6.45) is -4.39. The van der Waals surface area contributed by atoms with Crippen molar-refractivity contribution in [3.05, 3.63) is 71.5 Å². The van der Waals surface area contributed by atoms with E-state index in [4.69, 9.17) is 9.26 Å². The van der Waals surface area contributed by atoms with Crippen LogP contribution in [0.2, 0.25) is 0 Å². The third kappa shape index (κ3) is 4.51. The van der Waals surface area contributed by atoms with Crippen LogP contribution in [0.15, 0.2) is 59.1 Å². The van der Waals surface area contributed by atoms with E-state index in [2.05, 4.69) is 10.5 Å². The zero-order valence-electron chi connectivity index (χ0n) is 14.9. The molecule has 146 valence electrons. The first-order valence-corrected chi connectivity index (χ1v) is 8.46. The number of halogens is 3. The molecule has 1 aromatic heterocycles. The molecule has 1 N–H and O–H groups in total. The molecule has 0 spiro atoms. The van der Waals surface area contributed by atoms with E-state index in [1.807, 2.05) is 30.3 Å². The van der Waals surface area contributed by atoms with Gasteiger partial charge in [-0.1, -0.05) is 35.5 Å². The second kappa shape index (κ2) is 8.16. The van der Waals surface area contributed by atoms with Crippen molar-refractivity contribution < 1.29 is 27.2 Å². The van der Waals surface area contributed by atoms with E-state index in [0.29, 0.717) is 17.0 Å². The number of hydrogen-bond acceptors (Lipinski definition) is 4. The molecule has 28 heavy (non-hydrogen) atoms. The van der Waals surface area contributed by atoms with Crippen LogP contribution >= 0.6 is 0 Å². The van der Waals surface area contributed by atoms with Gasteiger partial charge in [-0.05, 0) is 31.2 Å². The molecule has 0 saturated carbocycles. The summed E-state index contributed by atoms with van der Waals surface area (Å²) in [6.45, 7) is 1.91. The van der Waals surface area contributed by atoms with E-state index in [-0.39, 0.29) is 24.8 Å². The third-order valence-electron chi connectivity index (χ3n) is 3.98. The Balaban J connectivity index is 1.56. The van der Waals surface area contributed by atoms with Crippen LogP contribution < -0.4 is 10.1 Å². The lowest BCUT2D eigenvalue weighted by atomic mass is 10.1. The van der Waals surface area contributed by atoms with Gasteiger partial charge in [0.25, 0.3) is 5.91 Å². The maximum atomic E-state index is 12.5. The van der Waals surface area contributed by atoms with Gasteiger partial charge in [0.05, 0.1) is 12.1 Å². The van der Waals surface area contributed by atoms with E-state index in [0.717, 1.165) is 17.7 Å². The molecule has 1 amide bonds. The average Bonchev–Trinajstić information content (AvgIpc) is 3.07. The highest BCUT2D eigenvalue weighted by Gasteiger charge is 2.30. The van der Waals surface area contributed by atoms with Gasteiger partial charge >= 0.3 is 6.18 Å². The Bertz CT molecular complexity index is 936. The summed E-state index contributed by atoms with van der Waals surface area (Å²) in [4.78, 5) is 12.5. The predicted molar refractivity (Wildman–Crippen MR) is 95.9 cm³/mol. The van der Waals surface area contributed by atoms with Crippen LogP contribution in [-0.2, 0) is 6.18 Å². The zero-order valence-corrected chi connectivity index (χ0v) is 14.9. The lowest BCUT2D eigenvalue weighted by molar-refractivity contribution is -0.137.